The van der Waals surface area contributed by atoms with Crippen molar-refractivity contribution in [3.8, 4) is 0 Å². The number of amides is 2. The summed E-state index contributed by atoms with van der Waals surface area (Å²) in [5, 5.41) is 2.12. The van der Waals surface area contributed by atoms with Crippen molar-refractivity contribution in [2.24, 2.45) is 0 Å². The maximum absolute atomic E-state index is 13.9. The van der Waals surface area contributed by atoms with Crippen LogP contribution in [0.3, 0.4) is 0 Å². The number of carbonyl (C=O) groups excluding carboxylic acids is 2. The zero-order valence-corrected chi connectivity index (χ0v) is 23.8. The quantitative estimate of drug-likeness (QED) is 0.252. The van der Waals surface area contributed by atoms with Gasteiger partial charge in [-0.05, 0) is 72.0 Å². The Balaban J connectivity index is 1.51. The van der Waals surface area contributed by atoms with E-state index in [-0.39, 0.29) is 24.4 Å². The molecule has 202 valence electrons. The molecule has 1 aromatic heterocycles. The van der Waals surface area contributed by atoms with Crippen LogP contribution >= 0.6 is 11.3 Å². The first-order valence-electron chi connectivity index (χ1n) is 13.8. The van der Waals surface area contributed by atoms with Crippen LogP contribution in [0.25, 0.3) is 0 Å². The van der Waals surface area contributed by atoms with E-state index >= 15 is 0 Å². The highest BCUT2D eigenvalue weighted by Crippen LogP contribution is 2.39. The summed E-state index contributed by atoms with van der Waals surface area (Å²) < 4.78 is 5.29. The Morgan fingerprint density at radius 2 is 1.82 bits per heavy atom. The number of ether oxygens (including phenoxy) is 1. The fourth-order valence-electron chi connectivity index (χ4n) is 5.27. The van der Waals surface area contributed by atoms with E-state index in [2.05, 4.69) is 37.4 Å². The van der Waals surface area contributed by atoms with Crippen LogP contribution in [0.1, 0.15) is 76.1 Å². The largest absolute Gasteiger partial charge is 0.383 e. The van der Waals surface area contributed by atoms with Crippen LogP contribution in [0, 0.1) is 6.92 Å². The summed E-state index contributed by atoms with van der Waals surface area (Å²) in [6.07, 6.45) is 6.75. The number of fused-ring (bicyclic) bond motifs is 1. The van der Waals surface area contributed by atoms with Gasteiger partial charge in [-0.1, -0.05) is 62.6 Å². The fraction of sp³-hybridized carbons (Fsp3) is 0.438. The van der Waals surface area contributed by atoms with Gasteiger partial charge >= 0.3 is 0 Å². The van der Waals surface area contributed by atoms with Gasteiger partial charge in [-0.15, -0.1) is 11.3 Å². The minimum Gasteiger partial charge on any atom is -0.383 e. The molecule has 1 atom stereocenters. The second-order valence-electron chi connectivity index (χ2n) is 10.1. The Labute approximate surface area is 231 Å². The van der Waals surface area contributed by atoms with Crippen LogP contribution in [-0.4, -0.2) is 55.0 Å². The van der Waals surface area contributed by atoms with E-state index in [0.29, 0.717) is 25.3 Å². The molecule has 38 heavy (non-hydrogen) atoms. The zero-order valence-electron chi connectivity index (χ0n) is 22.9. The van der Waals surface area contributed by atoms with E-state index in [1.165, 1.54) is 41.7 Å². The smallest absolute Gasteiger partial charge is 0.254 e. The van der Waals surface area contributed by atoms with Crippen molar-refractivity contribution in [3.63, 3.8) is 0 Å². The van der Waals surface area contributed by atoms with Gasteiger partial charge in [-0.2, -0.15) is 0 Å². The molecule has 3 aromatic rings. The number of methoxy groups -OCH3 is 1. The number of hydrogen-bond acceptors (Lipinski definition) is 4. The molecule has 0 bridgehead atoms. The lowest BCUT2D eigenvalue weighted by atomic mass is 9.90. The van der Waals surface area contributed by atoms with Crippen LogP contribution in [0.2, 0.25) is 0 Å². The molecular weight excluding hydrogens is 492 g/mol. The Hall–Kier alpha value is -2.96. The van der Waals surface area contributed by atoms with Crippen LogP contribution in [0.15, 0.2) is 60.0 Å². The van der Waals surface area contributed by atoms with E-state index in [9.17, 15) is 9.59 Å². The number of carbonyl (C=O) groups is 2. The van der Waals surface area contributed by atoms with Gasteiger partial charge in [-0.3, -0.25) is 9.59 Å². The zero-order chi connectivity index (χ0) is 26.9. The molecule has 1 unspecified atom stereocenters. The van der Waals surface area contributed by atoms with Gasteiger partial charge in [0.05, 0.1) is 12.6 Å². The first-order valence-corrected chi connectivity index (χ1v) is 14.7. The highest BCUT2D eigenvalue weighted by atomic mass is 32.1. The molecule has 1 aliphatic rings. The summed E-state index contributed by atoms with van der Waals surface area (Å²) in [5.74, 6) is -0.166. The van der Waals surface area contributed by atoms with Crippen LogP contribution in [0.5, 0.6) is 0 Å². The molecule has 2 aromatic carbocycles. The van der Waals surface area contributed by atoms with Crippen LogP contribution in [-0.2, 0) is 22.4 Å². The maximum Gasteiger partial charge on any atom is 0.254 e. The monoisotopic (exact) mass is 532 g/mol. The number of thiophene rings is 1. The van der Waals surface area contributed by atoms with Crippen molar-refractivity contribution < 1.29 is 14.3 Å². The molecule has 0 saturated heterocycles. The van der Waals surface area contributed by atoms with Crippen molar-refractivity contribution in [2.45, 2.75) is 58.4 Å². The Bertz CT molecular complexity index is 1200. The van der Waals surface area contributed by atoms with Gasteiger partial charge in [0.1, 0.15) is 6.54 Å². The molecule has 0 spiro atoms. The summed E-state index contributed by atoms with van der Waals surface area (Å²) in [5.41, 5.74) is 5.37. The van der Waals surface area contributed by atoms with Crippen molar-refractivity contribution >= 4 is 23.2 Å². The first-order chi connectivity index (χ1) is 18.5. The first kappa shape index (κ1) is 28.1. The summed E-state index contributed by atoms with van der Waals surface area (Å²) in [4.78, 5) is 32.3. The third-order valence-corrected chi connectivity index (χ3v) is 8.46. The molecule has 6 heteroatoms. The molecule has 0 radical (unpaired) electrons. The number of nitrogens with zero attached hydrogens (tertiary/aromatic N) is 2. The van der Waals surface area contributed by atoms with E-state index in [1.54, 1.807) is 23.3 Å². The summed E-state index contributed by atoms with van der Waals surface area (Å²) in [7, 11) is 1.62. The third-order valence-electron chi connectivity index (χ3n) is 7.47. The number of rotatable bonds is 12. The summed E-state index contributed by atoms with van der Waals surface area (Å²) in [6, 6.07) is 18.2. The molecule has 0 N–H and O–H groups in total. The normalized spacial score (nSPS) is 14.8. The SMILES string of the molecule is CCCCCCc1ccc(C(=O)N(CCOC)CC(=O)N2CCc3sccc3C2c2ccccc2C)cc1. The van der Waals surface area contributed by atoms with Gasteiger partial charge in [0, 0.05) is 30.6 Å². The summed E-state index contributed by atoms with van der Waals surface area (Å²) >= 11 is 1.76. The second kappa shape index (κ2) is 13.7. The Morgan fingerprint density at radius 3 is 2.55 bits per heavy atom. The minimum absolute atomic E-state index is 0.0306. The topological polar surface area (TPSA) is 49.9 Å². The van der Waals surface area contributed by atoms with E-state index in [1.807, 2.05) is 41.3 Å². The fourth-order valence-corrected chi connectivity index (χ4v) is 6.18. The lowest BCUT2D eigenvalue weighted by molar-refractivity contribution is -0.134. The van der Waals surface area contributed by atoms with E-state index < -0.39 is 0 Å². The standard InChI is InChI=1S/C32H40N2O3S/c1-4-5-6-7-11-25-13-15-26(16-14-25)32(36)33(20-21-37-3)23-30(35)34-19-17-29-28(18-22-38-29)31(34)27-12-9-8-10-24(27)2/h8-10,12-16,18,22,31H,4-7,11,17,19-21,23H2,1-3H3. The molecule has 0 fully saturated rings. The van der Waals surface area contributed by atoms with E-state index in [0.717, 1.165) is 24.0 Å². The van der Waals surface area contributed by atoms with E-state index in [4.69, 9.17) is 4.74 Å². The maximum atomic E-state index is 13.9. The molecule has 1 aliphatic heterocycles. The molecule has 2 heterocycles. The predicted octanol–water partition coefficient (Wildman–Crippen LogP) is 6.44. The number of unbranched alkanes of at least 4 members (excludes halogenated alkanes) is 3. The van der Waals surface area contributed by atoms with Crippen LogP contribution < -0.4 is 0 Å². The summed E-state index contributed by atoms with van der Waals surface area (Å²) in [6.45, 7) is 5.73. The average Bonchev–Trinajstić information content (AvgIpc) is 3.42. The molecule has 2 amide bonds. The lowest BCUT2D eigenvalue weighted by Crippen LogP contribution is -2.47. The van der Waals surface area contributed by atoms with Gasteiger partial charge in [-0.25, -0.2) is 0 Å². The Morgan fingerprint density at radius 1 is 1.03 bits per heavy atom. The van der Waals surface area contributed by atoms with Crippen molar-refractivity contribution in [2.75, 3.05) is 33.4 Å². The average molecular weight is 533 g/mol. The number of hydrogen-bond donors (Lipinski definition) is 0. The number of aryl methyl sites for hydroxylation is 2. The molecule has 5 nitrogen and oxygen atoms in total. The van der Waals surface area contributed by atoms with Crippen LogP contribution in [0.4, 0.5) is 0 Å². The van der Waals surface area contributed by atoms with Crippen molar-refractivity contribution in [3.05, 3.63) is 92.7 Å². The Kier molecular flexibility index (Phi) is 10.1. The van der Waals surface area contributed by atoms with Crippen molar-refractivity contribution in [1.82, 2.24) is 9.80 Å². The second-order valence-corrected chi connectivity index (χ2v) is 11.1. The predicted molar refractivity (Wildman–Crippen MR) is 155 cm³/mol. The van der Waals surface area contributed by atoms with Crippen molar-refractivity contribution in [1.29, 1.82) is 0 Å². The molecule has 4 rings (SSSR count). The van der Waals surface area contributed by atoms with Gasteiger partial charge in [0.25, 0.3) is 5.91 Å². The van der Waals surface area contributed by atoms with Gasteiger partial charge in [0.15, 0.2) is 0 Å². The molecule has 0 saturated carbocycles. The molecular formula is C32H40N2O3S. The minimum atomic E-state index is -0.134. The van der Waals surface area contributed by atoms with Gasteiger partial charge in [0.2, 0.25) is 5.91 Å². The third kappa shape index (κ3) is 6.72. The highest BCUT2D eigenvalue weighted by molar-refractivity contribution is 7.10. The lowest BCUT2D eigenvalue weighted by Gasteiger charge is -2.38. The number of benzene rings is 2. The highest BCUT2D eigenvalue weighted by Gasteiger charge is 2.34. The van der Waals surface area contributed by atoms with Gasteiger partial charge < -0.3 is 14.5 Å². The molecule has 0 aliphatic carbocycles.